The summed E-state index contributed by atoms with van der Waals surface area (Å²) in [6, 6.07) is 7.40. The van der Waals surface area contributed by atoms with Crippen molar-refractivity contribution < 1.29 is 19.4 Å². The molecule has 2 N–H and O–H groups in total. The maximum Gasteiger partial charge on any atom is 0.266 e. The van der Waals surface area contributed by atoms with E-state index >= 15 is 0 Å². The summed E-state index contributed by atoms with van der Waals surface area (Å²) in [5.41, 5.74) is 2.78. The lowest BCUT2D eigenvalue weighted by Crippen LogP contribution is -2.55. The molecule has 0 unspecified atom stereocenters. The van der Waals surface area contributed by atoms with Crippen LogP contribution in [0, 0.1) is 0 Å². The average molecular weight is 387 g/mol. The van der Waals surface area contributed by atoms with Crippen LogP contribution in [0.2, 0.25) is 0 Å². The molecule has 7 nitrogen and oxygen atoms in total. The number of ether oxygens (including phenoxy) is 2. The highest BCUT2D eigenvalue weighted by molar-refractivity contribution is 6.00. The molecule has 1 amide bonds. The molecule has 1 saturated heterocycles. The molecular weight excluding hydrogens is 358 g/mol. The fraction of sp³-hybridized carbons (Fsp3) is 0.524. The predicted molar refractivity (Wildman–Crippen MR) is 107 cm³/mol. The minimum atomic E-state index is -1.02. The first-order valence-electron chi connectivity index (χ1n) is 9.86. The van der Waals surface area contributed by atoms with E-state index in [9.17, 15) is 4.79 Å². The van der Waals surface area contributed by atoms with Crippen LogP contribution >= 0.6 is 0 Å². The highest BCUT2D eigenvalue weighted by Crippen LogP contribution is 2.33. The van der Waals surface area contributed by atoms with Crippen LogP contribution in [0.5, 0.6) is 5.75 Å². The van der Waals surface area contributed by atoms with Crippen LogP contribution in [0.15, 0.2) is 41.9 Å². The van der Waals surface area contributed by atoms with Crippen LogP contribution < -0.4 is 10.2 Å². The van der Waals surface area contributed by atoms with Gasteiger partial charge in [-0.2, -0.15) is 0 Å². The summed E-state index contributed by atoms with van der Waals surface area (Å²) in [4.78, 5) is 17.8. The molecule has 0 aromatic heterocycles. The van der Waals surface area contributed by atoms with Crippen LogP contribution in [0.4, 0.5) is 0 Å². The molecule has 0 spiro atoms. The molecule has 7 heteroatoms. The van der Waals surface area contributed by atoms with Gasteiger partial charge in [-0.1, -0.05) is 6.08 Å². The van der Waals surface area contributed by atoms with Gasteiger partial charge in [-0.3, -0.25) is 10.2 Å². The summed E-state index contributed by atoms with van der Waals surface area (Å²) < 4.78 is 11.5. The molecule has 3 rings (SSSR count). The van der Waals surface area contributed by atoms with Crippen molar-refractivity contribution in [1.29, 1.82) is 0 Å². The largest absolute Gasteiger partial charge is 0.494 e. The number of amides is 1. The lowest BCUT2D eigenvalue weighted by atomic mass is 9.90. The Labute approximate surface area is 166 Å². The van der Waals surface area contributed by atoms with Gasteiger partial charge >= 0.3 is 0 Å². The lowest BCUT2D eigenvalue weighted by molar-refractivity contribution is -0.132. The molecule has 2 aliphatic rings. The number of hydrogen-bond acceptors (Lipinski definition) is 6. The zero-order valence-electron chi connectivity index (χ0n) is 16.4. The molecule has 2 atom stereocenters. The summed E-state index contributed by atoms with van der Waals surface area (Å²) in [7, 11) is 0. The van der Waals surface area contributed by atoms with Crippen LogP contribution in [0.3, 0.4) is 0 Å². The third-order valence-electron chi connectivity index (χ3n) is 5.15. The quantitative estimate of drug-likeness (QED) is 0.501. The van der Waals surface area contributed by atoms with Crippen molar-refractivity contribution in [1.82, 2.24) is 10.4 Å². The van der Waals surface area contributed by atoms with E-state index < -0.39 is 11.6 Å². The van der Waals surface area contributed by atoms with Crippen molar-refractivity contribution in [2.75, 3.05) is 26.3 Å². The minimum absolute atomic E-state index is 0.103. The number of rotatable bonds is 9. The smallest absolute Gasteiger partial charge is 0.266 e. The van der Waals surface area contributed by atoms with Crippen molar-refractivity contribution >= 4 is 11.8 Å². The van der Waals surface area contributed by atoms with Crippen LogP contribution in [0.1, 0.15) is 38.2 Å². The van der Waals surface area contributed by atoms with E-state index in [1.165, 1.54) is 0 Å². The van der Waals surface area contributed by atoms with E-state index in [1.54, 1.807) is 6.08 Å². The first-order valence-corrected chi connectivity index (χ1v) is 9.86. The fourth-order valence-electron chi connectivity index (χ4n) is 3.47. The van der Waals surface area contributed by atoms with Crippen LogP contribution in [-0.4, -0.2) is 59.9 Å². The van der Waals surface area contributed by atoms with Gasteiger partial charge in [-0.25, -0.2) is 10.0 Å². The highest BCUT2D eigenvalue weighted by atomic mass is 16.5. The van der Waals surface area contributed by atoms with Crippen molar-refractivity contribution in [3.63, 3.8) is 0 Å². The number of carbonyl (C=O) groups excluding carboxylic acids is 1. The molecular formula is C21H29N3O4. The minimum Gasteiger partial charge on any atom is -0.494 e. The van der Waals surface area contributed by atoms with Gasteiger partial charge in [0, 0.05) is 38.1 Å². The molecule has 28 heavy (non-hydrogen) atoms. The number of nitrogens with zero attached hydrogens (tertiary/aromatic N) is 2. The number of aliphatic hydroxyl groups is 1. The van der Waals surface area contributed by atoms with Crippen molar-refractivity contribution in [3.05, 3.63) is 42.5 Å². The number of hydrazine groups is 1. The Kier molecular flexibility index (Phi) is 6.70. The summed E-state index contributed by atoms with van der Waals surface area (Å²) in [5.74, 6) is 1.02. The van der Waals surface area contributed by atoms with Gasteiger partial charge in [-0.05, 0) is 44.0 Å². The normalized spacial score (nSPS) is 24.5. The molecule has 1 aromatic carbocycles. The zero-order valence-corrected chi connectivity index (χ0v) is 16.4. The van der Waals surface area contributed by atoms with Gasteiger partial charge in [0.1, 0.15) is 11.9 Å². The van der Waals surface area contributed by atoms with Crippen LogP contribution in [-0.2, 0) is 9.53 Å². The Bertz CT molecular complexity index is 713. The van der Waals surface area contributed by atoms with Gasteiger partial charge in [0.2, 0.25) is 5.90 Å². The van der Waals surface area contributed by atoms with Gasteiger partial charge < -0.3 is 14.6 Å². The molecule has 0 radical (unpaired) electrons. The highest BCUT2D eigenvalue weighted by Gasteiger charge is 2.49. The second-order valence-electron chi connectivity index (χ2n) is 7.18. The topological polar surface area (TPSA) is 83.4 Å². The standard InChI is InChI=1S/C21H29N3O4/c1-3-11-21(20(26)23-24-12-4-5-13-24)16(2)28-19(22-21)17-7-9-18(10-8-17)27-15-6-14-25/h3,7-10,16,25H,1,4-6,11-15H2,2H3,(H,23,26)/t16-,21-/m0/s1. The fourth-order valence-corrected chi connectivity index (χ4v) is 3.47. The second-order valence-corrected chi connectivity index (χ2v) is 7.18. The molecule has 152 valence electrons. The van der Waals surface area contributed by atoms with Gasteiger partial charge in [0.25, 0.3) is 5.91 Å². The molecule has 2 heterocycles. The van der Waals surface area contributed by atoms with E-state index in [0.29, 0.717) is 31.1 Å². The number of aliphatic imine (C=N–C) groups is 1. The van der Waals surface area contributed by atoms with Crippen molar-refractivity contribution in [2.24, 2.45) is 4.99 Å². The Hall–Kier alpha value is -2.38. The van der Waals surface area contributed by atoms with E-state index in [0.717, 1.165) is 31.5 Å². The van der Waals surface area contributed by atoms with Crippen LogP contribution in [0.25, 0.3) is 0 Å². The number of benzene rings is 1. The van der Waals surface area contributed by atoms with E-state index in [1.807, 2.05) is 36.2 Å². The lowest BCUT2D eigenvalue weighted by Gasteiger charge is -2.29. The molecule has 0 bridgehead atoms. The second kappa shape index (κ2) is 9.21. The zero-order chi connectivity index (χ0) is 20.0. The Balaban J connectivity index is 1.76. The Morgan fingerprint density at radius 3 is 2.79 bits per heavy atom. The summed E-state index contributed by atoms with van der Waals surface area (Å²) in [6.45, 7) is 7.97. The summed E-state index contributed by atoms with van der Waals surface area (Å²) >= 11 is 0. The van der Waals surface area contributed by atoms with E-state index in [-0.39, 0.29) is 12.5 Å². The van der Waals surface area contributed by atoms with Crippen molar-refractivity contribution in [2.45, 2.75) is 44.2 Å². The monoisotopic (exact) mass is 387 g/mol. The number of nitrogens with one attached hydrogen (secondary N) is 1. The van der Waals surface area contributed by atoms with Gasteiger partial charge in [0.05, 0.1) is 6.61 Å². The number of carbonyl (C=O) groups is 1. The molecule has 1 aromatic rings. The maximum absolute atomic E-state index is 13.1. The number of hydrogen-bond donors (Lipinski definition) is 2. The summed E-state index contributed by atoms with van der Waals surface area (Å²) in [5, 5.41) is 10.8. The first kappa shape index (κ1) is 20.4. The summed E-state index contributed by atoms with van der Waals surface area (Å²) in [6.07, 6.45) is 4.48. The number of aliphatic hydroxyl groups excluding tert-OH is 1. The predicted octanol–water partition coefficient (Wildman–Crippen LogP) is 2.05. The van der Waals surface area contributed by atoms with Gasteiger partial charge in [-0.15, -0.1) is 6.58 Å². The third-order valence-corrected chi connectivity index (χ3v) is 5.15. The Morgan fingerprint density at radius 2 is 2.14 bits per heavy atom. The molecule has 2 aliphatic heterocycles. The third kappa shape index (κ3) is 4.36. The van der Waals surface area contributed by atoms with Gasteiger partial charge in [0.15, 0.2) is 5.54 Å². The first-order chi connectivity index (χ1) is 13.6. The molecule has 0 saturated carbocycles. The van der Waals surface area contributed by atoms with Crippen molar-refractivity contribution in [3.8, 4) is 5.75 Å². The SMILES string of the molecule is C=CC[C@]1(C(=O)NN2CCCC2)N=C(c2ccc(OCCCO)cc2)O[C@H]1C. The Morgan fingerprint density at radius 1 is 1.43 bits per heavy atom. The molecule has 0 aliphatic carbocycles. The van der Waals surface area contributed by atoms with E-state index in [4.69, 9.17) is 19.6 Å². The maximum atomic E-state index is 13.1. The average Bonchev–Trinajstić information content (AvgIpc) is 3.31. The van der Waals surface area contributed by atoms with E-state index in [2.05, 4.69) is 12.0 Å². The molecule has 1 fully saturated rings.